The first-order valence-corrected chi connectivity index (χ1v) is 8.73. The number of ether oxygens (including phenoxy) is 2. The average molecular weight is 329 g/mol. The Balaban J connectivity index is 1.55. The molecule has 0 radical (unpaired) electrons. The van der Waals surface area contributed by atoms with Gasteiger partial charge in [0.15, 0.2) is 5.79 Å². The van der Waals surface area contributed by atoms with E-state index >= 15 is 0 Å². The highest BCUT2D eigenvalue weighted by atomic mass is 16.7. The molecule has 0 N–H and O–H groups in total. The Morgan fingerprint density at radius 3 is 2.58 bits per heavy atom. The second-order valence-electron chi connectivity index (χ2n) is 6.66. The van der Waals surface area contributed by atoms with Crippen molar-refractivity contribution in [3.8, 4) is 0 Å². The molecule has 2 fully saturated rings. The van der Waals surface area contributed by atoms with Gasteiger partial charge in [-0.1, -0.05) is 19.1 Å². The van der Waals surface area contributed by atoms with Gasteiger partial charge in [0.1, 0.15) is 5.58 Å². The highest BCUT2D eigenvalue weighted by molar-refractivity contribution is 5.80. The number of fused-ring (bicyclic) bond motifs is 1. The van der Waals surface area contributed by atoms with Crippen molar-refractivity contribution in [2.45, 2.75) is 38.5 Å². The van der Waals surface area contributed by atoms with Crippen molar-refractivity contribution in [1.82, 2.24) is 4.90 Å². The van der Waals surface area contributed by atoms with Gasteiger partial charge in [-0.3, -0.25) is 4.90 Å². The number of hydrogen-bond acceptors (Lipinski definition) is 5. The van der Waals surface area contributed by atoms with Crippen LogP contribution in [0.25, 0.3) is 11.0 Å². The molecular weight excluding hydrogens is 306 g/mol. The summed E-state index contributed by atoms with van der Waals surface area (Å²) in [6.07, 6.45) is 2.69. The van der Waals surface area contributed by atoms with Crippen LogP contribution < -0.4 is 5.63 Å². The van der Waals surface area contributed by atoms with E-state index in [0.717, 1.165) is 49.8 Å². The molecule has 0 aliphatic carbocycles. The first-order valence-electron chi connectivity index (χ1n) is 8.73. The average Bonchev–Trinajstić information content (AvgIpc) is 3.04. The fraction of sp³-hybridized carbons (Fsp3) is 0.526. The molecular formula is C19H23NO4. The lowest BCUT2D eigenvalue weighted by Crippen LogP contribution is -2.44. The van der Waals surface area contributed by atoms with Gasteiger partial charge in [-0.15, -0.1) is 0 Å². The van der Waals surface area contributed by atoms with E-state index in [1.807, 2.05) is 6.07 Å². The molecule has 2 aliphatic heterocycles. The lowest BCUT2D eigenvalue weighted by molar-refractivity contribution is -0.185. The molecule has 0 bridgehead atoms. The first-order chi connectivity index (χ1) is 11.7. The summed E-state index contributed by atoms with van der Waals surface area (Å²) < 4.78 is 17.0. The SMILES string of the molecule is CCc1ccc2c(CN3CCC4(CC3)OCCO4)cc(=O)oc2c1. The maximum absolute atomic E-state index is 11.9. The molecule has 0 saturated carbocycles. The highest BCUT2D eigenvalue weighted by Crippen LogP contribution is 2.32. The van der Waals surface area contributed by atoms with E-state index in [9.17, 15) is 4.79 Å². The molecule has 1 aromatic carbocycles. The number of likely N-dealkylation sites (tertiary alicyclic amines) is 1. The highest BCUT2D eigenvalue weighted by Gasteiger charge is 2.39. The smallest absolute Gasteiger partial charge is 0.336 e. The maximum Gasteiger partial charge on any atom is 0.336 e. The normalized spacial score (nSPS) is 20.9. The van der Waals surface area contributed by atoms with Crippen molar-refractivity contribution in [3.63, 3.8) is 0 Å². The maximum atomic E-state index is 11.9. The van der Waals surface area contributed by atoms with E-state index in [2.05, 4.69) is 24.0 Å². The van der Waals surface area contributed by atoms with Crippen molar-refractivity contribution in [3.05, 3.63) is 45.8 Å². The Morgan fingerprint density at radius 1 is 1.12 bits per heavy atom. The van der Waals surface area contributed by atoms with Gasteiger partial charge < -0.3 is 13.9 Å². The summed E-state index contributed by atoms with van der Waals surface area (Å²) in [6, 6.07) is 7.78. The summed E-state index contributed by atoms with van der Waals surface area (Å²) in [5.41, 5.74) is 2.63. The van der Waals surface area contributed by atoms with Gasteiger partial charge in [0.25, 0.3) is 0 Å². The molecule has 5 heteroatoms. The molecule has 3 heterocycles. The molecule has 4 rings (SSSR count). The van der Waals surface area contributed by atoms with Crippen LogP contribution in [0.2, 0.25) is 0 Å². The zero-order chi connectivity index (χ0) is 16.6. The topological polar surface area (TPSA) is 51.9 Å². The van der Waals surface area contributed by atoms with Gasteiger partial charge in [-0.05, 0) is 23.6 Å². The molecule has 2 aliphatic rings. The van der Waals surface area contributed by atoms with E-state index < -0.39 is 0 Å². The zero-order valence-electron chi connectivity index (χ0n) is 14.0. The van der Waals surface area contributed by atoms with Crippen LogP contribution in [0.1, 0.15) is 30.9 Å². The predicted octanol–water partition coefficient (Wildman–Crippen LogP) is 2.69. The van der Waals surface area contributed by atoms with Gasteiger partial charge >= 0.3 is 5.63 Å². The molecule has 1 aromatic heterocycles. The van der Waals surface area contributed by atoms with Crippen molar-refractivity contribution >= 4 is 11.0 Å². The fourth-order valence-corrected chi connectivity index (χ4v) is 3.70. The molecule has 0 atom stereocenters. The quantitative estimate of drug-likeness (QED) is 0.811. The minimum Gasteiger partial charge on any atom is -0.423 e. The number of nitrogens with zero attached hydrogens (tertiary/aromatic N) is 1. The Kier molecular flexibility index (Phi) is 4.16. The van der Waals surface area contributed by atoms with E-state index in [4.69, 9.17) is 13.9 Å². The predicted molar refractivity (Wildman–Crippen MR) is 91.0 cm³/mol. The van der Waals surface area contributed by atoms with E-state index in [-0.39, 0.29) is 11.4 Å². The first kappa shape index (κ1) is 15.8. The lowest BCUT2D eigenvalue weighted by Gasteiger charge is -2.37. The summed E-state index contributed by atoms with van der Waals surface area (Å²) in [7, 11) is 0. The number of piperidine rings is 1. The summed E-state index contributed by atoms with van der Waals surface area (Å²) in [5.74, 6) is -0.357. The third kappa shape index (κ3) is 2.99. The molecule has 2 saturated heterocycles. The molecule has 5 nitrogen and oxygen atoms in total. The lowest BCUT2D eigenvalue weighted by atomic mass is 10.0. The largest absolute Gasteiger partial charge is 0.423 e. The standard InChI is InChI=1S/C19H23NO4/c1-2-14-3-4-16-15(12-18(21)24-17(16)11-14)13-20-7-5-19(6-8-20)22-9-10-23-19/h3-4,11-12H,2,5-10,13H2,1H3. The molecule has 24 heavy (non-hydrogen) atoms. The minimum absolute atomic E-state index is 0.276. The van der Waals surface area contributed by atoms with Gasteiger partial charge in [0.05, 0.1) is 13.2 Å². The van der Waals surface area contributed by atoms with Crippen molar-refractivity contribution < 1.29 is 13.9 Å². The summed E-state index contributed by atoms with van der Waals surface area (Å²) >= 11 is 0. The molecule has 0 unspecified atom stereocenters. The Morgan fingerprint density at radius 2 is 1.88 bits per heavy atom. The molecule has 0 amide bonds. The second kappa shape index (κ2) is 6.31. The Labute approximate surface area is 141 Å². The number of rotatable bonds is 3. The van der Waals surface area contributed by atoms with E-state index in [0.29, 0.717) is 18.8 Å². The van der Waals surface area contributed by atoms with Crippen LogP contribution in [0.15, 0.2) is 33.5 Å². The van der Waals surface area contributed by atoms with Crippen LogP contribution in [0.4, 0.5) is 0 Å². The van der Waals surface area contributed by atoms with Crippen LogP contribution in [0.3, 0.4) is 0 Å². The summed E-state index contributed by atoms with van der Waals surface area (Å²) in [5, 5.41) is 1.03. The second-order valence-corrected chi connectivity index (χ2v) is 6.66. The minimum atomic E-state index is -0.357. The van der Waals surface area contributed by atoms with E-state index in [1.54, 1.807) is 6.07 Å². The summed E-state index contributed by atoms with van der Waals surface area (Å²) in [4.78, 5) is 14.3. The van der Waals surface area contributed by atoms with Gasteiger partial charge in [-0.25, -0.2) is 4.79 Å². The fourth-order valence-electron chi connectivity index (χ4n) is 3.70. The molecule has 128 valence electrons. The van der Waals surface area contributed by atoms with Crippen LogP contribution >= 0.6 is 0 Å². The van der Waals surface area contributed by atoms with Gasteiger partial charge in [-0.2, -0.15) is 0 Å². The van der Waals surface area contributed by atoms with Gasteiger partial charge in [0, 0.05) is 43.9 Å². The third-order valence-corrected chi connectivity index (χ3v) is 5.13. The number of hydrogen-bond donors (Lipinski definition) is 0. The van der Waals surface area contributed by atoms with E-state index in [1.165, 1.54) is 5.56 Å². The Hall–Kier alpha value is -1.69. The Bertz CT molecular complexity index is 782. The van der Waals surface area contributed by atoms with Crippen LogP contribution in [0, 0.1) is 0 Å². The number of benzene rings is 1. The van der Waals surface area contributed by atoms with Crippen LogP contribution in [-0.2, 0) is 22.4 Å². The van der Waals surface area contributed by atoms with Crippen molar-refractivity contribution in [1.29, 1.82) is 0 Å². The zero-order valence-corrected chi connectivity index (χ0v) is 14.0. The molecule has 2 aromatic rings. The number of aryl methyl sites for hydroxylation is 1. The van der Waals surface area contributed by atoms with Crippen LogP contribution in [-0.4, -0.2) is 37.0 Å². The monoisotopic (exact) mass is 329 g/mol. The van der Waals surface area contributed by atoms with Crippen LogP contribution in [0.5, 0.6) is 0 Å². The van der Waals surface area contributed by atoms with Crippen molar-refractivity contribution in [2.75, 3.05) is 26.3 Å². The summed E-state index contributed by atoms with van der Waals surface area (Å²) in [6.45, 7) is 6.07. The van der Waals surface area contributed by atoms with Gasteiger partial charge in [0.2, 0.25) is 0 Å². The third-order valence-electron chi connectivity index (χ3n) is 5.13. The molecule has 1 spiro atoms. The van der Waals surface area contributed by atoms with Crippen molar-refractivity contribution in [2.24, 2.45) is 0 Å².